The summed E-state index contributed by atoms with van der Waals surface area (Å²) in [5.41, 5.74) is -0.740. The van der Waals surface area contributed by atoms with E-state index in [4.69, 9.17) is 5.11 Å². The molecule has 6 nitrogen and oxygen atoms in total. The summed E-state index contributed by atoms with van der Waals surface area (Å²) < 4.78 is 0. The van der Waals surface area contributed by atoms with E-state index in [-0.39, 0.29) is 25.2 Å². The van der Waals surface area contributed by atoms with Crippen molar-refractivity contribution < 1.29 is 19.8 Å². The van der Waals surface area contributed by atoms with Crippen LogP contribution in [0.15, 0.2) is 0 Å². The van der Waals surface area contributed by atoms with Crippen molar-refractivity contribution in [3.05, 3.63) is 0 Å². The molecule has 114 valence electrons. The van der Waals surface area contributed by atoms with Gasteiger partial charge in [-0.15, -0.1) is 0 Å². The van der Waals surface area contributed by atoms with Crippen LogP contribution < -0.4 is 5.32 Å². The minimum Gasteiger partial charge on any atom is -0.481 e. The molecule has 0 bridgehead atoms. The van der Waals surface area contributed by atoms with Gasteiger partial charge in [0, 0.05) is 25.7 Å². The Kier molecular flexibility index (Phi) is 4.86. The highest BCUT2D eigenvalue weighted by Gasteiger charge is 2.45. The van der Waals surface area contributed by atoms with Gasteiger partial charge in [-0.3, -0.25) is 4.79 Å². The Balaban J connectivity index is 1.83. The summed E-state index contributed by atoms with van der Waals surface area (Å²) in [4.78, 5) is 25.2. The van der Waals surface area contributed by atoms with Gasteiger partial charge in [-0.25, -0.2) is 4.79 Å². The summed E-state index contributed by atoms with van der Waals surface area (Å²) in [5, 5.41) is 20.9. The highest BCUT2D eigenvalue weighted by molar-refractivity contribution is 5.79. The van der Waals surface area contributed by atoms with Gasteiger partial charge < -0.3 is 20.4 Å². The zero-order valence-electron chi connectivity index (χ0n) is 11.8. The molecule has 2 amide bonds. The van der Waals surface area contributed by atoms with E-state index in [9.17, 15) is 14.7 Å². The van der Waals surface area contributed by atoms with Crippen molar-refractivity contribution >= 4 is 12.0 Å². The van der Waals surface area contributed by atoms with Crippen LogP contribution >= 0.6 is 0 Å². The first kappa shape index (κ1) is 15.1. The first-order chi connectivity index (χ1) is 9.59. The molecular weight excluding hydrogens is 260 g/mol. The van der Waals surface area contributed by atoms with Crippen molar-refractivity contribution in [2.45, 2.75) is 51.0 Å². The molecule has 0 spiro atoms. The number of hydrogen-bond donors (Lipinski definition) is 3. The third-order valence-corrected chi connectivity index (χ3v) is 4.68. The SMILES string of the molecule is O=C(NCC1(C(=O)O)CCC1)N1CCCC1CCCO. The minimum absolute atomic E-state index is 0.147. The molecule has 1 saturated carbocycles. The number of rotatable bonds is 6. The van der Waals surface area contributed by atoms with Gasteiger partial charge in [0.2, 0.25) is 0 Å². The van der Waals surface area contributed by atoms with Crippen LogP contribution in [0.3, 0.4) is 0 Å². The van der Waals surface area contributed by atoms with Crippen molar-refractivity contribution in [3.63, 3.8) is 0 Å². The predicted molar refractivity (Wildman–Crippen MR) is 73.4 cm³/mol. The molecule has 0 aromatic rings. The summed E-state index contributed by atoms with van der Waals surface area (Å²) in [5.74, 6) is -0.803. The van der Waals surface area contributed by atoms with Crippen LogP contribution in [0.2, 0.25) is 0 Å². The summed E-state index contributed by atoms with van der Waals surface area (Å²) in [6.07, 6.45) is 5.69. The van der Waals surface area contributed by atoms with Gasteiger partial charge in [0.1, 0.15) is 0 Å². The molecule has 0 radical (unpaired) electrons. The zero-order chi connectivity index (χ0) is 14.6. The molecule has 1 atom stereocenters. The summed E-state index contributed by atoms with van der Waals surface area (Å²) in [6.45, 7) is 1.10. The lowest BCUT2D eigenvalue weighted by Crippen LogP contribution is -2.51. The molecule has 1 aliphatic heterocycles. The Bertz CT molecular complexity index is 368. The van der Waals surface area contributed by atoms with Crippen LogP contribution in [0.1, 0.15) is 44.9 Å². The van der Waals surface area contributed by atoms with E-state index in [2.05, 4.69) is 5.32 Å². The van der Waals surface area contributed by atoms with Crippen LogP contribution in [0.5, 0.6) is 0 Å². The number of nitrogens with zero attached hydrogens (tertiary/aromatic N) is 1. The Morgan fingerprint density at radius 2 is 2.05 bits per heavy atom. The molecule has 20 heavy (non-hydrogen) atoms. The lowest BCUT2D eigenvalue weighted by Gasteiger charge is -2.38. The second kappa shape index (κ2) is 6.43. The number of carboxylic acids is 1. The topological polar surface area (TPSA) is 89.9 Å². The number of carbonyl (C=O) groups is 2. The van der Waals surface area contributed by atoms with E-state index < -0.39 is 11.4 Å². The number of likely N-dealkylation sites (tertiary alicyclic amines) is 1. The Labute approximate surface area is 119 Å². The third kappa shape index (κ3) is 3.06. The monoisotopic (exact) mass is 284 g/mol. The number of aliphatic hydroxyl groups excluding tert-OH is 1. The molecule has 2 fully saturated rings. The summed E-state index contributed by atoms with van der Waals surface area (Å²) in [7, 11) is 0. The molecule has 1 saturated heterocycles. The van der Waals surface area contributed by atoms with Crippen LogP contribution in [-0.4, -0.2) is 52.9 Å². The van der Waals surface area contributed by atoms with Crippen molar-refractivity contribution in [2.75, 3.05) is 19.7 Å². The highest BCUT2D eigenvalue weighted by atomic mass is 16.4. The van der Waals surface area contributed by atoms with Gasteiger partial charge >= 0.3 is 12.0 Å². The molecule has 2 aliphatic rings. The second-order valence-electron chi connectivity index (χ2n) is 5.95. The smallest absolute Gasteiger partial charge is 0.317 e. The Morgan fingerprint density at radius 1 is 1.30 bits per heavy atom. The summed E-state index contributed by atoms with van der Waals surface area (Å²) in [6, 6.07) is 0.0299. The van der Waals surface area contributed by atoms with Gasteiger partial charge in [0.05, 0.1) is 5.41 Å². The van der Waals surface area contributed by atoms with Gasteiger partial charge in [0.25, 0.3) is 0 Å². The molecule has 0 aromatic heterocycles. The van der Waals surface area contributed by atoms with Crippen molar-refractivity contribution in [1.82, 2.24) is 10.2 Å². The zero-order valence-corrected chi connectivity index (χ0v) is 11.8. The van der Waals surface area contributed by atoms with Gasteiger partial charge in [-0.1, -0.05) is 6.42 Å². The number of urea groups is 1. The molecule has 1 unspecified atom stereocenters. The fraction of sp³-hybridized carbons (Fsp3) is 0.857. The van der Waals surface area contributed by atoms with Crippen molar-refractivity contribution in [3.8, 4) is 0 Å². The van der Waals surface area contributed by atoms with E-state index in [1.807, 2.05) is 0 Å². The standard InChI is InChI=1S/C14H24N2O4/c17-9-2-5-11-4-1-8-16(11)13(20)15-10-14(12(18)19)6-3-7-14/h11,17H,1-10H2,(H,15,20)(H,18,19). The summed E-state index contributed by atoms with van der Waals surface area (Å²) >= 11 is 0. The molecule has 0 aromatic carbocycles. The van der Waals surface area contributed by atoms with Crippen LogP contribution in [-0.2, 0) is 4.79 Å². The molecular formula is C14H24N2O4. The number of carboxylic acid groups (broad SMARTS) is 1. The molecule has 1 heterocycles. The van der Waals surface area contributed by atoms with Gasteiger partial charge in [0.15, 0.2) is 0 Å². The fourth-order valence-corrected chi connectivity index (χ4v) is 3.15. The Hall–Kier alpha value is -1.30. The number of aliphatic carboxylic acids is 1. The largest absolute Gasteiger partial charge is 0.481 e. The maximum Gasteiger partial charge on any atom is 0.317 e. The van der Waals surface area contributed by atoms with E-state index >= 15 is 0 Å². The van der Waals surface area contributed by atoms with E-state index in [0.717, 1.165) is 32.2 Å². The number of nitrogens with one attached hydrogen (secondary N) is 1. The number of carbonyl (C=O) groups excluding carboxylic acids is 1. The average molecular weight is 284 g/mol. The normalized spacial score (nSPS) is 24.2. The predicted octanol–water partition coefficient (Wildman–Crippen LogP) is 1.19. The maximum absolute atomic E-state index is 12.2. The highest BCUT2D eigenvalue weighted by Crippen LogP contribution is 2.40. The molecule has 1 aliphatic carbocycles. The van der Waals surface area contributed by atoms with Crippen molar-refractivity contribution in [1.29, 1.82) is 0 Å². The van der Waals surface area contributed by atoms with Crippen molar-refractivity contribution in [2.24, 2.45) is 5.41 Å². The second-order valence-corrected chi connectivity index (χ2v) is 5.95. The first-order valence-electron chi connectivity index (χ1n) is 7.48. The number of hydrogen-bond acceptors (Lipinski definition) is 3. The molecule has 6 heteroatoms. The van der Waals surface area contributed by atoms with Crippen LogP contribution in [0, 0.1) is 5.41 Å². The van der Waals surface area contributed by atoms with E-state index in [1.165, 1.54) is 0 Å². The lowest BCUT2D eigenvalue weighted by atomic mass is 9.69. The third-order valence-electron chi connectivity index (χ3n) is 4.68. The van der Waals surface area contributed by atoms with Gasteiger partial charge in [-0.05, 0) is 38.5 Å². The first-order valence-corrected chi connectivity index (χ1v) is 7.48. The molecule has 2 rings (SSSR count). The van der Waals surface area contributed by atoms with Crippen LogP contribution in [0.25, 0.3) is 0 Å². The van der Waals surface area contributed by atoms with Crippen LogP contribution in [0.4, 0.5) is 4.79 Å². The minimum atomic E-state index is -0.803. The average Bonchev–Trinajstić information content (AvgIpc) is 2.82. The lowest BCUT2D eigenvalue weighted by molar-refractivity contribution is -0.153. The maximum atomic E-state index is 12.2. The molecule has 3 N–H and O–H groups in total. The fourth-order valence-electron chi connectivity index (χ4n) is 3.15. The van der Waals surface area contributed by atoms with E-state index in [1.54, 1.807) is 4.90 Å². The van der Waals surface area contributed by atoms with Gasteiger partial charge in [-0.2, -0.15) is 0 Å². The number of aliphatic hydroxyl groups is 1. The van der Waals surface area contributed by atoms with E-state index in [0.29, 0.717) is 19.3 Å². The number of amides is 2. The Morgan fingerprint density at radius 3 is 2.60 bits per heavy atom. The quantitative estimate of drug-likeness (QED) is 0.683.